The number of fused-ring (bicyclic) bond motifs is 3. The van der Waals surface area contributed by atoms with E-state index in [1.54, 1.807) is 0 Å². The van der Waals surface area contributed by atoms with E-state index in [0.717, 1.165) is 10.2 Å². The predicted octanol–water partition coefficient (Wildman–Crippen LogP) is 3.90. The molecule has 0 radical (unpaired) electrons. The van der Waals surface area contributed by atoms with E-state index in [0.29, 0.717) is 0 Å². The Balaban J connectivity index is 2.27. The first-order chi connectivity index (χ1) is 6.77. The summed E-state index contributed by atoms with van der Waals surface area (Å²) in [7, 11) is 0. The minimum Gasteiger partial charge on any atom is -0.473 e. The molecule has 0 aromatic heterocycles. The Labute approximate surface area is 98.7 Å². The molecule has 1 aromatic carbocycles. The van der Waals surface area contributed by atoms with Crippen molar-refractivity contribution in [3.63, 3.8) is 0 Å². The van der Waals surface area contributed by atoms with Gasteiger partial charge in [-0.2, -0.15) is 0 Å². The van der Waals surface area contributed by atoms with Crippen molar-refractivity contribution in [1.29, 1.82) is 0 Å². The van der Waals surface area contributed by atoms with Gasteiger partial charge in [-0.15, -0.1) is 0 Å². The molecule has 0 bridgehead atoms. The monoisotopic (exact) mass is 312 g/mol. The molecule has 1 atom stereocenters. The number of ether oxygens (including phenoxy) is 1. The van der Waals surface area contributed by atoms with Crippen molar-refractivity contribution in [3.05, 3.63) is 45.6 Å². The second-order valence-electron chi connectivity index (χ2n) is 3.25. The number of alkyl halides is 1. The largest absolute Gasteiger partial charge is 0.473 e. The molecule has 1 nitrogen and oxygen atoms in total. The summed E-state index contributed by atoms with van der Waals surface area (Å²) in [5.41, 5.74) is 3.66. The fraction of sp³-hybridized carbons (Fsp3) is 0.0909. The molecule has 0 amide bonds. The quantitative estimate of drug-likeness (QED) is 0.660. The van der Waals surface area contributed by atoms with E-state index in [9.17, 15) is 0 Å². The fourth-order valence-corrected chi connectivity index (χ4v) is 2.75. The first kappa shape index (κ1) is 8.74. The van der Waals surface area contributed by atoms with Crippen molar-refractivity contribution < 1.29 is 4.74 Å². The van der Waals surface area contributed by atoms with E-state index < -0.39 is 0 Å². The first-order valence-electron chi connectivity index (χ1n) is 4.29. The maximum atomic E-state index is 5.64. The van der Waals surface area contributed by atoms with Crippen LogP contribution < -0.4 is 0 Å². The summed E-state index contributed by atoms with van der Waals surface area (Å²) >= 11 is 6.99. The van der Waals surface area contributed by atoms with Gasteiger partial charge in [0.25, 0.3) is 0 Å². The van der Waals surface area contributed by atoms with Gasteiger partial charge in [-0.05, 0) is 49.1 Å². The fourth-order valence-electron chi connectivity index (χ4n) is 1.81. The normalized spacial score (nSPS) is 23.0. The van der Waals surface area contributed by atoms with Crippen molar-refractivity contribution in [2.75, 3.05) is 0 Å². The van der Waals surface area contributed by atoms with E-state index in [2.05, 4.69) is 50.1 Å². The lowest BCUT2D eigenvalue weighted by Crippen LogP contribution is -1.93. The summed E-state index contributed by atoms with van der Waals surface area (Å²) in [5.74, 6) is 0.958. The second kappa shape index (κ2) is 2.97. The van der Waals surface area contributed by atoms with Gasteiger partial charge >= 0.3 is 0 Å². The summed E-state index contributed by atoms with van der Waals surface area (Å²) in [6, 6.07) is 8.30. The molecule has 0 saturated carbocycles. The number of allylic oxidation sites excluding steroid dienone is 1. The summed E-state index contributed by atoms with van der Waals surface area (Å²) in [6.07, 6.45) is 2.08. The Kier molecular flexibility index (Phi) is 1.86. The maximum absolute atomic E-state index is 5.64. The van der Waals surface area contributed by atoms with Crippen molar-refractivity contribution in [2.45, 2.75) is 5.01 Å². The Morgan fingerprint density at radius 2 is 2.00 bits per heavy atom. The number of hydrogen-bond donors (Lipinski definition) is 0. The standard InChI is InChI=1S/C11H6Br2O/c12-10-9-7-4-2-1-3-6(7)5-8(9)14-11(10)13/h1-5,11H. The molecule has 1 aliphatic carbocycles. The first-order valence-corrected chi connectivity index (χ1v) is 6.00. The zero-order valence-electron chi connectivity index (χ0n) is 7.13. The van der Waals surface area contributed by atoms with E-state index >= 15 is 0 Å². The molecule has 1 unspecified atom stereocenters. The van der Waals surface area contributed by atoms with Crippen LogP contribution in [0.25, 0.3) is 11.6 Å². The van der Waals surface area contributed by atoms with Crippen LogP contribution in [0, 0.1) is 0 Å². The third-order valence-corrected chi connectivity index (χ3v) is 4.50. The highest BCUT2D eigenvalue weighted by Crippen LogP contribution is 2.48. The van der Waals surface area contributed by atoms with E-state index in [4.69, 9.17) is 4.74 Å². The van der Waals surface area contributed by atoms with E-state index in [1.165, 1.54) is 16.7 Å². The average molecular weight is 314 g/mol. The van der Waals surface area contributed by atoms with Crippen LogP contribution in [0.15, 0.2) is 34.5 Å². The molecule has 1 heterocycles. The van der Waals surface area contributed by atoms with Crippen LogP contribution in [0.5, 0.6) is 0 Å². The third kappa shape index (κ3) is 1.06. The maximum Gasteiger partial charge on any atom is 0.185 e. The molecule has 3 rings (SSSR count). The molecule has 1 aromatic rings. The molecule has 1 aliphatic heterocycles. The Bertz CT molecular complexity index is 474. The molecule has 0 spiro atoms. The SMILES string of the molecule is BrC1=C2C(=Cc3ccccc32)OC1Br. The Morgan fingerprint density at radius 1 is 1.21 bits per heavy atom. The van der Waals surface area contributed by atoms with Gasteiger partial charge in [-0.3, -0.25) is 0 Å². The lowest BCUT2D eigenvalue weighted by atomic mass is 10.1. The molecule has 0 fully saturated rings. The lowest BCUT2D eigenvalue weighted by Gasteiger charge is -2.02. The highest BCUT2D eigenvalue weighted by atomic mass is 79.9. The van der Waals surface area contributed by atoms with E-state index in [1.807, 2.05) is 12.1 Å². The molecular formula is C11H6Br2O. The number of hydrogen-bond acceptors (Lipinski definition) is 1. The third-order valence-electron chi connectivity index (χ3n) is 2.43. The van der Waals surface area contributed by atoms with Crippen LogP contribution in [0.1, 0.15) is 11.1 Å². The van der Waals surface area contributed by atoms with Gasteiger partial charge in [0.05, 0.1) is 4.48 Å². The van der Waals surface area contributed by atoms with Crippen LogP contribution in [0.4, 0.5) is 0 Å². The molecule has 70 valence electrons. The minimum absolute atomic E-state index is 0.0305. The molecule has 0 N–H and O–H groups in total. The van der Waals surface area contributed by atoms with Crippen molar-refractivity contribution in [3.8, 4) is 0 Å². The Hall–Kier alpha value is -0.540. The molecule has 0 saturated heterocycles. The van der Waals surface area contributed by atoms with Gasteiger partial charge in [-0.25, -0.2) is 0 Å². The van der Waals surface area contributed by atoms with Gasteiger partial charge in [-0.1, -0.05) is 24.3 Å². The van der Waals surface area contributed by atoms with Crippen LogP contribution in [-0.2, 0) is 4.74 Å². The number of rotatable bonds is 0. The van der Waals surface area contributed by atoms with Crippen molar-refractivity contribution in [1.82, 2.24) is 0 Å². The van der Waals surface area contributed by atoms with E-state index in [-0.39, 0.29) is 5.01 Å². The van der Waals surface area contributed by atoms with Gasteiger partial charge < -0.3 is 4.74 Å². The van der Waals surface area contributed by atoms with Gasteiger partial charge in [0.15, 0.2) is 5.01 Å². The average Bonchev–Trinajstić information content (AvgIpc) is 2.65. The highest BCUT2D eigenvalue weighted by molar-refractivity contribution is 9.14. The summed E-state index contributed by atoms with van der Waals surface area (Å²) < 4.78 is 6.71. The van der Waals surface area contributed by atoms with Crippen LogP contribution in [0.2, 0.25) is 0 Å². The van der Waals surface area contributed by atoms with Crippen molar-refractivity contribution >= 4 is 43.5 Å². The molecule has 2 aliphatic rings. The predicted molar refractivity (Wildman–Crippen MR) is 64.1 cm³/mol. The van der Waals surface area contributed by atoms with Crippen LogP contribution in [0.3, 0.4) is 0 Å². The van der Waals surface area contributed by atoms with Gasteiger partial charge in [0, 0.05) is 5.57 Å². The molecular weight excluding hydrogens is 308 g/mol. The summed E-state index contributed by atoms with van der Waals surface area (Å²) in [5, 5.41) is -0.0305. The smallest absolute Gasteiger partial charge is 0.185 e. The highest BCUT2D eigenvalue weighted by Gasteiger charge is 2.32. The zero-order chi connectivity index (χ0) is 9.71. The van der Waals surface area contributed by atoms with Gasteiger partial charge in [0.2, 0.25) is 0 Å². The van der Waals surface area contributed by atoms with Crippen LogP contribution in [-0.4, -0.2) is 5.01 Å². The zero-order valence-corrected chi connectivity index (χ0v) is 10.3. The summed E-state index contributed by atoms with van der Waals surface area (Å²) in [6.45, 7) is 0. The Morgan fingerprint density at radius 3 is 2.86 bits per heavy atom. The summed E-state index contributed by atoms with van der Waals surface area (Å²) in [4.78, 5) is 0. The molecule has 3 heteroatoms. The lowest BCUT2D eigenvalue weighted by molar-refractivity contribution is 0.261. The van der Waals surface area contributed by atoms with Crippen LogP contribution >= 0.6 is 31.9 Å². The number of benzene rings is 1. The number of halogens is 2. The minimum atomic E-state index is -0.0305. The molecule has 14 heavy (non-hydrogen) atoms. The second-order valence-corrected chi connectivity index (χ2v) is 4.94. The van der Waals surface area contributed by atoms with Crippen molar-refractivity contribution in [2.24, 2.45) is 0 Å². The topological polar surface area (TPSA) is 9.23 Å². The van der Waals surface area contributed by atoms with Gasteiger partial charge in [0.1, 0.15) is 5.76 Å².